The lowest BCUT2D eigenvalue weighted by Gasteiger charge is -2.24. The zero-order valence-electron chi connectivity index (χ0n) is 24.3. The number of benzene rings is 2. The van der Waals surface area contributed by atoms with Gasteiger partial charge in [0.1, 0.15) is 0 Å². The second kappa shape index (κ2) is 21.5. The molecular weight excluding hydrogens is 503 g/mol. The summed E-state index contributed by atoms with van der Waals surface area (Å²) in [5, 5.41) is 0. The molecular formula is C33H51AlO5-. The highest BCUT2D eigenvalue weighted by molar-refractivity contribution is 6.37. The maximum atomic E-state index is 6.29. The Morgan fingerprint density at radius 1 is 0.564 bits per heavy atom. The first-order valence-electron chi connectivity index (χ1n) is 15.5. The topological polar surface area (TPSA) is 46.2 Å². The molecule has 1 fully saturated rings. The maximum absolute atomic E-state index is 6.29. The third kappa shape index (κ3) is 14.8. The Bertz CT molecular complexity index is 821. The highest BCUT2D eigenvalue weighted by Gasteiger charge is 2.31. The predicted molar refractivity (Wildman–Crippen MR) is 159 cm³/mol. The van der Waals surface area contributed by atoms with Crippen molar-refractivity contribution in [1.82, 2.24) is 0 Å². The summed E-state index contributed by atoms with van der Waals surface area (Å²) in [4.78, 5) is 0. The van der Waals surface area contributed by atoms with Crippen molar-refractivity contribution in [3.8, 4) is 0 Å². The first kappa shape index (κ1) is 32.3. The summed E-state index contributed by atoms with van der Waals surface area (Å²) in [6, 6.07) is 20.8. The van der Waals surface area contributed by atoms with E-state index >= 15 is 0 Å². The summed E-state index contributed by atoms with van der Waals surface area (Å²) in [5.74, 6) is 0. The van der Waals surface area contributed by atoms with Gasteiger partial charge in [-0.1, -0.05) is 119 Å². The fourth-order valence-corrected chi connectivity index (χ4v) is 6.82. The third-order valence-corrected chi connectivity index (χ3v) is 8.87. The second-order valence-electron chi connectivity index (χ2n) is 10.7. The average molecular weight is 555 g/mol. The fourth-order valence-electron chi connectivity index (χ4n) is 4.98. The van der Waals surface area contributed by atoms with Gasteiger partial charge < -0.3 is 20.8 Å². The van der Waals surface area contributed by atoms with Crippen molar-refractivity contribution in [2.45, 2.75) is 116 Å². The van der Waals surface area contributed by atoms with E-state index in [1.165, 1.54) is 62.5 Å². The molecule has 1 radical (unpaired) electrons. The molecule has 2 atom stereocenters. The van der Waals surface area contributed by atoms with Crippen molar-refractivity contribution in [2.75, 3.05) is 19.8 Å². The van der Waals surface area contributed by atoms with E-state index < -0.39 is 15.1 Å². The Hall–Kier alpha value is -1.23. The van der Waals surface area contributed by atoms with E-state index in [0.29, 0.717) is 6.61 Å². The van der Waals surface area contributed by atoms with Crippen LogP contribution in [0.3, 0.4) is 0 Å². The smallest absolute Gasteiger partial charge is 0.559 e. The summed E-state index contributed by atoms with van der Waals surface area (Å²) in [5.41, 5.74) is 2.50. The molecule has 0 saturated carbocycles. The molecule has 1 aliphatic heterocycles. The van der Waals surface area contributed by atoms with Crippen LogP contribution in [0.2, 0.25) is 0 Å². The normalized spacial score (nSPS) is 17.7. The minimum Gasteiger partial charge on any atom is -0.634 e. The highest BCUT2D eigenvalue weighted by atomic mass is 27.3. The van der Waals surface area contributed by atoms with Gasteiger partial charge in [0.25, 0.3) is 0 Å². The SMILES string of the molecule is CCC[O][Al-]1[O][C@@H](CCCCCCCCOCc2ccccc2)[C@@H](CCCCCCOCc2ccccc2)[O]1. The van der Waals surface area contributed by atoms with Gasteiger partial charge in [0, 0.05) is 25.4 Å². The van der Waals surface area contributed by atoms with E-state index in [1.54, 1.807) is 0 Å². The Balaban J connectivity index is 1.18. The summed E-state index contributed by atoms with van der Waals surface area (Å²) >= 11 is -1.96. The van der Waals surface area contributed by atoms with Crippen LogP contribution in [0.4, 0.5) is 0 Å². The van der Waals surface area contributed by atoms with Gasteiger partial charge in [-0.2, -0.15) is 0 Å². The van der Waals surface area contributed by atoms with Crippen LogP contribution >= 0.6 is 0 Å². The molecule has 217 valence electrons. The summed E-state index contributed by atoms with van der Waals surface area (Å²) in [6.07, 6.45) is 15.8. The van der Waals surface area contributed by atoms with E-state index in [1.807, 2.05) is 12.1 Å². The summed E-state index contributed by atoms with van der Waals surface area (Å²) in [6.45, 7) is 6.00. The fraction of sp³-hybridized carbons (Fsp3) is 0.636. The van der Waals surface area contributed by atoms with Crippen LogP contribution in [-0.4, -0.2) is 47.2 Å². The Morgan fingerprint density at radius 2 is 1.00 bits per heavy atom. The Labute approximate surface area is 242 Å². The van der Waals surface area contributed by atoms with Gasteiger partial charge in [0.05, 0.1) is 13.2 Å². The molecule has 3 rings (SSSR count). The molecule has 2 aromatic rings. The van der Waals surface area contributed by atoms with Crippen LogP contribution in [-0.2, 0) is 34.1 Å². The molecule has 0 amide bonds. The minimum absolute atomic E-state index is 0.217. The van der Waals surface area contributed by atoms with Crippen molar-refractivity contribution in [3.05, 3.63) is 71.8 Å². The zero-order valence-corrected chi connectivity index (χ0v) is 25.4. The van der Waals surface area contributed by atoms with Gasteiger partial charge in [-0.05, 0) is 49.8 Å². The lowest BCUT2D eigenvalue weighted by molar-refractivity contribution is 0.115. The van der Waals surface area contributed by atoms with Gasteiger partial charge in [-0.25, -0.2) is 0 Å². The standard InChI is InChI=1S/C30H44O4.C3H7O.Al/c31-29(21-13-3-1-2-5-15-23-33-25-27-17-9-7-10-18-27)30(32)22-14-4-6-16-24-34-26-28-19-11-8-12-20-28;1-2-3-4;/h7-12,17-20,29-30H,1-6,13-16,21-26H2;2-3H2,1H3;/q-2;-1;+2/t29-,30+;;/m0../s1. The van der Waals surface area contributed by atoms with Gasteiger partial charge in [-0.3, -0.25) is 0 Å². The quantitative estimate of drug-likeness (QED) is 0.102. The van der Waals surface area contributed by atoms with E-state index in [2.05, 4.69) is 55.5 Å². The number of hydrogen-bond acceptors (Lipinski definition) is 5. The second-order valence-corrected chi connectivity index (χ2v) is 12.2. The third-order valence-electron chi connectivity index (χ3n) is 7.22. The molecule has 6 heteroatoms. The lowest BCUT2D eigenvalue weighted by Crippen LogP contribution is -2.22. The molecule has 0 aromatic heterocycles. The van der Waals surface area contributed by atoms with E-state index in [0.717, 1.165) is 58.5 Å². The van der Waals surface area contributed by atoms with Crippen LogP contribution < -0.4 is 0 Å². The van der Waals surface area contributed by atoms with Crippen LogP contribution in [0.25, 0.3) is 0 Å². The number of rotatable bonds is 23. The molecule has 0 unspecified atom stereocenters. The monoisotopic (exact) mass is 554 g/mol. The minimum atomic E-state index is -1.96. The molecule has 1 saturated heterocycles. The number of ether oxygens (including phenoxy) is 2. The first-order valence-corrected chi connectivity index (χ1v) is 16.9. The molecule has 0 aliphatic carbocycles. The molecule has 0 spiro atoms. The van der Waals surface area contributed by atoms with Crippen molar-refractivity contribution in [1.29, 1.82) is 0 Å². The summed E-state index contributed by atoms with van der Waals surface area (Å²) in [7, 11) is 0. The van der Waals surface area contributed by atoms with E-state index in [9.17, 15) is 0 Å². The van der Waals surface area contributed by atoms with Crippen LogP contribution in [0.15, 0.2) is 60.7 Å². The van der Waals surface area contributed by atoms with E-state index in [4.69, 9.17) is 20.8 Å². The van der Waals surface area contributed by atoms with E-state index in [-0.39, 0.29) is 12.2 Å². The Kier molecular flexibility index (Phi) is 17.8. The number of hydrogen-bond donors (Lipinski definition) is 0. The molecule has 5 nitrogen and oxygen atoms in total. The first-order chi connectivity index (χ1) is 19.3. The molecule has 1 heterocycles. The molecule has 2 aromatic carbocycles. The van der Waals surface area contributed by atoms with Gasteiger partial charge >= 0.3 is 15.1 Å². The molecule has 0 bridgehead atoms. The van der Waals surface area contributed by atoms with Gasteiger partial charge in [-0.15, -0.1) is 0 Å². The van der Waals surface area contributed by atoms with Crippen molar-refractivity contribution < 1.29 is 20.8 Å². The lowest BCUT2D eigenvalue weighted by atomic mass is 10.00. The van der Waals surface area contributed by atoms with Crippen LogP contribution in [0.1, 0.15) is 102 Å². The van der Waals surface area contributed by atoms with Gasteiger partial charge in [0.15, 0.2) is 0 Å². The summed E-state index contributed by atoms with van der Waals surface area (Å²) < 4.78 is 30.1. The largest absolute Gasteiger partial charge is 0.634 e. The molecule has 1 aliphatic rings. The average Bonchev–Trinajstić information content (AvgIpc) is 3.36. The van der Waals surface area contributed by atoms with Crippen molar-refractivity contribution in [3.63, 3.8) is 0 Å². The van der Waals surface area contributed by atoms with Crippen molar-refractivity contribution in [2.24, 2.45) is 0 Å². The highest BCUT2D eigenvalue weighted by Crippen LogP contribution is 2.27. The van der Waals surface area contributed by atoms with Crippen LogP contribution in [0.5, 0.6) is 0 Å². The molecule has 39 heavy (non-hydrogen) atoms. The number of unbranched alkanes of at least 4 members (excludes halogenated alkanes) is 8. The molecule has 0 N–H and O–H groups in total. The van der Waals surface area contributed by atoms with Gasteiger partial charge in [0.2, 0.25) is 0 Å². The zero-order chi connectivity index (χ0) is 27.2. The Morgan fingerprint density at radius 3 is 1.46 bits per heavy atom. The van der Waals surface area contributed by atoms with Crippen molar-refractivity contribution >= 4 is 15.1 Å². The predicted octanol–water partition coefficient (Wildman–Crippen LogP) is 8.30. The maximum Gasteiger partial charge on any atom is 0.559 e. The van der Waals surface area contributed by atoms with Crippen LogP contribution in [0, 0.1) is 0 Å².